The molecule has 2 atom stereocenters. The van der Waals surface area contributed by atoms with Crippen LogP contribution in [0.3, 0.4) is 0 Å². The summed E-state index contributed by atoms with van der Waals surface area (Å²) in [5, 5.41) is 8.62. The average Bonchev–Trinajstić information content (AvgIpc) is 2.49. The van der Waals surface area contributed by atoms with Gasteiger partial charge in [-0.3, -0.25) is 0 Å². The molecule has 0 bridgehead atoms. The first-order chi connectivity index (χ1) is 10.8. The van der Waals surface area contributed by atoms with Crippen LogP contribution in [0.5, 0.6) is 0 Å². The molecule has 23 heavy (non-hydrogen) atoms. The fourth-order valence-corrected chi connectivity index (χ4v) is 1.70. The van der Waals surface area contributed by atoms with Gasteiger partial charge in [0.1, 0.15) is 12.9 Å². The molecule has 0 aliphatic rings. The summed E-state index contributed by atoms with van der Waals surface area (Å²) in [4.78, 5) is 10.6. The summed E-state index contributed by atoms with van der Waals surface area (Å²) in [6.45, 7) is -0.728. The molecule has 1 aromatic rings. The van der Waals surface area contributed by atoms with Gasteiger partial charge in [-0.2, -0.15) is 13.2 Å². The van der Waals surface area contributed by atoms with Gasteiger partial charge < -0.3 is 19.3 Å². The predicted molar refractivity (Wildman–Crippen MR) is 74.6 cm³/mol. The van der Waals surface area contributed by atoms with E-state index in [2.05, 4.69) is 9.47 Å². The Hall–Kier alpha value is -1.90. The van der Waals surface area contributed by atoms with Gasteiger partial charge in [-0.1, -0.05) is 30.3 Å². The van der Waals surface area contributed by atoms with E-state index < -0.39 is 31.1 Å². The number of alkyl halides is 3. The number of halogens is 3. The molecule has 0 spiro atoms. The fourth-order valence-electron chi connectivity index (χ4n) is 1.70. The van der Waals surface area contributed by atoms with Crippen molar-refractivity contribution in [1.29, 1.82) is 0 Å². The van der Waals surface area contributed by atoms with Crippen LogP contribution < -0.4 is 0 Å². The van der Waals surface area contributed by atoms with Crippen LogP contribution in [0.25, 0.3) is 0 Å². The lowest BCUT2D eigenvalue weighted by Crippen LogP contribution is -2.43. The number of carboxylic acid groups (broad SMARTS) is 1. The van der Waals surface area contributed by atoms with Crippen molar-refractivity contribution in [1.82, 2.24) is 0 Å². The Bertz CT molecular complexity index is 502. The van der Waals surface area contributed by atoms with Crippen LogP contribution in [0.2, 0.25) is 0 Å². The number of hydrogen-bond donors (Lipinski definition) is 1. The molecule has 0 aromatic heterocycles. The first-order valence-electron chi connectivity index (χ1n) is 6.58. The molecule has 0 radical (unpaired) electrons. The molecule has 0 saturated carbocycles. The second-order valence-electron chi connectivity index (χ2n) is 4.49. The molecule has 1 N–H and O–H groups in total. The molecule has 0 aliphatic carbocycles. The molecular formula is C15H17F3O5. The highest BCUT2D eigenvalue weighted by molar-refractivity contribution is 5.79. The summed E-state index contributed by atoms with van der Waals surface area (Å²) in [5.41, 5.74) is 0.647. The Morgan fingerprint density at radius 1 is 1.26 bits per heavy atom. The molecule has 1 aromatic carbocycles. The highest BCUT2D eigenvalue weighted by Crippen LogP contribution is 2.28. The number of benzene rings is 1. The van der Waals surface area contributed by atoms with E-state index in [-0.39, 0.29) is 6.61 Å². The van der Waals surface area contributed by atoms with Gasteiger partial charge in [-0.05, 0) is 11.6 Å². The molecule has 8 heteroatoms. The molecule has 1 rings (SSSR count). The Balaban J connectivity index is 2.89. The van der Waals surface area contributed by atoms with Gasteiger partial charge in [0.25, 0.3) is 0 Å². The minimum atomic E-state index is -4.75. The Morgan fingerprint density at radius 2 is 1.91 bits per heavy atom. The molecule has 128 valence electrons. The fraction of sp³-hybridized carbons (Fsp3) is 0.400. The highest BCUT2D eigenvalue weighted by Gasteiger charge is 2.46. The van der Waals surface area contributed by atoms with Crippen molar-refractivity contribution in [3.8, 4) is 0 Å². The molecule has 0 saturated heterocycles. The topological polar surface area (TPSA) is 65.0 Å². The number of carboxylic acids is 1. The quantitative estimate of drug-likeness (QED) is 0.556. The molecule has 5 nitrogen and oxygen atoms in total. The zero-order valence-corrected chi connectivity index (χ0v) is 12.3. The van der Waals surface area contributed by atoms with Crippen LogP contribution in [-0.4, -0.2) is 43.4 Å². The van der Waals surface area contributed by atoms with Gasteiger partial charge in [0.15, 0.2) is 6.10 Å². The number of rotatable bonds is 9. The third kappa shape index (κ3) is 7.27. The van der Waals surface area contributed by atoms with Gasteiger partial charge in [0, 0.05) is 13.2 Å². The maximum Gasteiger partial charge on any atom is 0.417 e. The van der Waals surface area contributed by atoms with E-state index in [1.54, 1.807) is 30.3 Å². The SMILES string of the molecule is COCO[C@H]([C@@H](/C=C/C(=O)O)OCc1ccccc1)C(F)(F)F. The van der Waals surface area contributed by atoms with Crippen LogP contribution in [0.1, 0.15) is 5.56 Å². The molecule has 0 fully saturated rings. The van der Waals surface area contributed by atoms with Crippen LogP contribution in [-0.2, 0) is 25.6 Å². The van der Waals surface area contributed by atoms with Crippen molar-refractivity contribution >= 4 is 5.97 Å². The van der Waals surface area contributed by atoms with Gasteiger partial charge in [-0.25, -0.2) is 4.79 Å². The molecule has 0 aliphatic heterocycles. The minimum Gasteiger partial charge on any atom is -0.478 e. The predicted octanol–water partition coefficient (Wildman–Crippen LogP) is 2.76. The number of aliphatic carboxylic acids is 1. The summed E-state index contributed by atoms with van der Waals surface area (Å²) in [6, 6.07) is 8.53. The van der Waals surface area contributed by atoms with Gasteiger partial charge in [-0.15, -0.1) is 0 Å². The van der Waals surface area contributed by atoms with E-state index in [4.69, 9.17) is 9.84 Å². The van der Waals surface area contributed by atoms with Crippen LogP contribution in [0, 0.1) is 0 Å². The van der Waals surface area contributed by atoms with E-state index >= 15 is 0 Å². The second-order valence-corrected chi connectivity index (χ2v) is 4.49. The lowest BCUT2D eigenvalue weighted by molar-refractivity contribution is -0.264. The Labute approximate surface area is 131 Å². The van der Waals surface area contributed by atoms with E-state index in [1.165, 1.54) is 7.11 Å². The van der Waals surface area contributed by atoms with Crippen molar-refractivity contribution < 1.29 is 37.3 Å². The van der Waals surface area contributed by atoms with E-state index in [0.29, 0.717) is 11.6 Å². The summed E-state index contributed by atoms with van der Waals surface area (Å²) in [5.74, 6) is -1.38. The smallest absolute Gasteiger partial charge is 0.417 e. The number of carbonyl (C=O) groups is 1. The van der Waals surface area contributed by atoms with Gasteiger partial charge in [0.05, 0.1) is 6.61 Å². The molecule has 0 heterocycles. The Morgan fingerprint density at radius 3 is 2.43 bits per heavy atom. The van der Waals surface area contributed by atoms with Crippen LogP contribution in [0.4, 0.5) is 13.2 Å². The number of ether oxygens (including phenoxy) is 3. The van der Waals surface area contributed by atoms with E-state index in [9.17, 15) is 18.0 Å². The van der Waals surface area contributed by atoms with Crippen molar-refractivity contribution in [2.24, 2.45) is 0 Å². The molecular weight excluding hydrogens is 317 g/mol. The minimum absolute atomic E-state index is 0.127. The average molecular weight is 334 g/mol. The first-order valence-corrected chi connectivity index (χ1v) is 6.58. The van der Waals surface area contributed by atoms with Crippen molar-refractivity contribution in [3.63, 3.8) is 0 Å². The largest absolute Gasteiger partial charge is 0.478 e. The zero-order chi connectivity index (χ0) is 17.3. The van der Waals surface area contributed by atoms with Crippen LogP contribution in [0.15, 0.2) is 42.5 Å². The third-order valence-corrected chi connectivity index (χ3v) is 2.70. The van der Waals surface area contributed by atoms with E-state index in [0.717, 1.165) is 6.08 Å². The summed E-state index contributed by atoms with van der Waals surface area (Å²) < 4.78 is 53.6. The number of hydrogen-bond acceptors (Lipinski definition) is 4. The number of methoxy groups -OCH3 is 1. The van der Waals surface area contributed by atoms with E-state index in [1.807, 2.05) is 0 Å². The molecule has 0 amide bonds. The second kappa shape index (κ2) is 9.29. The van der Waals surface area contributed by atoms with Crippen molar-refractivity contribution in [3.05, 3.63) is 48.0 Å². The monoisotopic (exact) mass is 334 g/mol. The van der Waals surface area contributed by atoms with Gasteiger partial charge >= 0.3 is 12.1 Å². The summed E-state index contributed by atoms with van der Waals surface area (Å²) >= 11 is 0. The maximum absolute atomic E-state index is 13.1. The first kappa shape index (κ1) is 19.1. The zero-order valence-electron chi connectivity index (χ0n) is 12.3. The highest BCUT2D eigenvalue weighted by atomic mass is 19.4. The van der Waals surface area contributed by atoms with Crippen molar-refractivity contribution in [2.75, 3.05) is 13.9 Å². The van der Waals surface area contributed by atoms with Gasteiger partial charge in [0.2, 0.25) is 0 Å². The lowest BCUT2D eigenvalue weighted by atomic mass is 10.1. The summed E-state index contributed by atoms with van der Waals surface area (Å²) in [7, 11) is 1.18. The third-order valence-electron chi connectivity index (χ3n) is 2.70. The lowest BCUT2D eigenvalue weighted by Gasteiger charge is -2.27. The maximum atomic E-state index is 13.1. The van der Waals surface area contributed by atoms with Crippen LogP contribution >= 0.6 is 0 Å². The Kier molecular flexibility index (Phi) is 7.73. The molecule has 0 unspecified atom stereocenters. The summed E-state index contributed by atoms with van der Waals surface area (Å²) in [6.07, 6.45) is -7.32. The van der Waals surface area contributed by atoms with Crippen molar-refractivity contribution in [2.45, 2.75) is 25.0 Å². The standard InChI is InChI=1S/C15H17F3O5/c1-21-10-23-14(15(16,17)18)12(7-8-13(19)20)22-9-11-5-3-2-4-6-11/h2-8,12,14H,9-10H2,1H3,(H,19,20)/b8-7+/t12-,14-/m1/s1. The normalized spacial score (nSPS) is 14.8.